The van der Waals surface area contributed by atoms with E-state index in [4.69, 9.17) is 0 Å². The molecule has 0 saturated heterocycles. The van der Waals surface area contributed by atoms with Crippen molar-refractivity contribution in [3.8, 4) is 0 Å². The Bertz CT molecular complexity index is 640. The predicted octanol–water partition coefficient (Wildman–Crippen LogP) is 3.35. The molecular weight excluding hydrogens is 218 g/mol. The first-order valence-electron chi connectivity index (χ1n) is 6.60. The highest BCUT2D eigenvalue weighted by Crippen LogP contribution is 2.35. The Kier molecular flexibility index (Phi) is 2.13. The van der Waals surface area contributed by atoms with E-state index in [0.717, 1.165) is 19.4 Å². The third kappa shape index (κ3) is 1.43. The van der Waals surface area contributed by atoms with Crippen LogP contribution < -0.4 is 0 Å². The summed E-state index contributed by atoms with van der Waals surface area (Å²) in [4.78, 5) is 4.54. The first kappa shape index (κ1) is 10.1. The molecule has 0 fully saturated rings. The monoisotopic (exact) mass is 233 g/mol. The summed E-state index contributed by atoms with van der Waals surface area (Å²) in [5, 5.41) is 0. The van der Waals surface area contributed by atoms with E-state index in [1.54, 1.807) is 5.56 Å². The van der Waals surface area contributed by atoms with Crippen LogP contribution in [0.3, 0.4) is 0 Å². The Morgan fingerprint density at radius 2 is 1.72 bits per heavy atom. The summed E-state index contributed by atoms with van der Waals surface area (Å²) in [7, 11) is 0. The number of nitrogens with zero attached hydrogens (tertiary/aromatic N) is 1. The Balaban J connectivity index is 1.95. The SMILES string of the molecule is C1=NC[C@@H]2Cc3ccccc3Cc3cccc1c32. The van der Waals surface area contributed by atoms with Gasteiger partial charge >= 0.3 is 0 Å². The van der Waals surface area contributed by atoms with Gasteiger partial charge in [0.05, 0.1) is 0 Å². The Hall–Kier alpha value is -1.89. The maximum absolute atomic E-state index is 4.54. The molecule has 0 N–H and O–H groups in total. The second-order valence-corrected chi connectivity index (χ2v) is 5.26. The minimum Gasteiger partial charge on any atom is -0.292 e. The molecule has 18 heavy (non-hydrogen) atoms. The number of hydrogen-bond acceptors (Lipinski definition) is 1. The quantitative estimate of drug-likeness (QED) is 0.661. The van der Waals surface area contributed by atoms with Gasteiger partial charge in [-0.2, -0.15) is 0 Å². The van der Waals surface area contributed by atoms with Crippen molar-refractivity contribution in [1.82, 2.24) is 0 Å². The zero-order valence-corrected chi connectivity index (χ0v) is 10.3. The number of aliphatic imine (C=N–C) groups is 1. The molecule has 1 heteroatoms. The lowest BCUT2D eigenvalue weighted by atomic mass is 9.86. The van der Waals surface area contributed by atoms with Gasteiger partial charge in [-0.1, -0.05) is 42.5 Å². The number of fused-ring (bicyclic) bond motifs is 1. The fourth-order valence-corrected chi connectivity index (χ4v) is 3.33. The van der Waals surface area contributed by atoms with E-state index < -0.39 is 0 Å². The average Bonchev–Trinajstić information content (AvgIpc) is 2.57. The molecule has 0 unspecified atom stereocenters. The molecule has 0 spiro atoms. The van der Waals surface area contributed by atoms with Gasteiger partial charge in [-0.3, -0.25) is 4.99 Å². The van der Waals surface area contributed by atoms with Gasteiger partial charge in [-0.15, -0.1) is 0 Å². The van der Waals surface area contributed by atoms with Gasteiger partial charge < -0.3 is 0 Å². The lowest BCUT2D eigenvalue weighted by Crippen LogP contribution is -2.14. The first-order valence-corrected chi connectivity index (χ1v) is 6.60. The maximum Gasteiger partial charge on any atom is 0.0461 e. The lowest BCUT2D eigenvalue weighted by Gasteiger charge is -2.21. The van der Waals surface area contributed by atoms with Crippen LogP contribution >= 0.6 is 0 Å². The summed E-state index contributed by atoms with van der Waals surface area (Å²) < 4.78 is 0. The van der Waals surface area contributed by atoms with Crippen LogP contribution in [0.15, 0.2) is 47.5 Å². The first-order chi connectivity index (χ1) is 8.92. The van der Waals surface area contributed by atoms with Crippen molar-refractivity contribution in [3.05, 3.63) is 70.3 Å². The molecule has 1 aliphatic heterocycles. The van der Waals surface area contributed by atoms with Crippen LogP contribution in [0.5, 0.6) is 0 Å². The minimum absolute atomic E-state index is 0.574. The van der Waals surface area contributed by atoms with Crippen molar-refractivity contribution < 1.29 is 0 Å². The largest absolute Gasteiger partial charge is 0.292 e. The van der Waals surface area contributed by atoms with Gasteiger partial charge in [0.1, 0.15) is 0 Å². The topological polar surface area (TPSA) is 12.4 Å². The van der Waals surface area contributed by atoms with Crippen LogP contribution in [0, 0.1) is 0 Å². The second-order valence-electron chi connectivity index (χ2n) is 5.26. The van der Waals surface area contributed by atoms with E-state index in [-0.39, 0.29) is 0 Å². The van der Waals surface area contributed by atoms with Crippen molar-refractivity contribution >= 4 is 6.21 Å². The minimum atomic E-state index is 0.574. The van der Waals surface area contributed by atoms with Crippen LogP contribution in [0.4, 0.5) is 0 Å². The standard InChI is InChI=1S/C17H15N/c1-2-5-13-9-16-11-18-10-15-7-3-6-14(17(15)16)8-12(13)4-1/h1-7,10,16H,8-9,11H2/t16-/m0/s1. The Labute approximate surface area is 107 Å². The normalized spacial score (nSPS) is 19.9. The molecule has 0 aromatic heterocycles. The highest BCUT2D eigenvalue weighted by Gasteiger charge is 2.25. The third-order valence-corrected chi connectivity index (χ3v) is 4.16. The third-order valence-electron chi connectivity index (χ3n) is 4.16. The van der Waals surface area contributed by atoms with Gasteiger partial charge in [-0.25, -0.2) is 0 Å². The van der Waals surface area contributed by atoms with Gasteiger partial charge in [0.2, 0.25) is 0 Å². The average molecular weight is 233 g/mol. The van der Waals surface area contributed by atoms with E-state index in [2.05, 4.69) is 47.5 Å². The molecular formula is C17H15N. The van der Waals surface area contributed by atoms with Crippen molar-refractivity contribution in [2.45, 2.75) is 18.8 Å². The molecule has 2 aromatic carbocycles. The zero-order chi connectivity index (χ0) is 11.9. The van der Waals surface area contributed by atoms with Gasteiger partial charge in [0, 0.05) is 18.7 Å². The number of rotatable bonds is 0. The summed E-state index contributed by atoms with van der Waals surface area (Å²) in [5.41, 5.74) is 7.36. The van der Waals surface area contributed by atoms with Crippen LogP contribution in [0.25, 0.3) is 0 Å². The van der Waals surface area contributed by atoms with E-state index in [1.807, 2.05) is 6.21 Å². The highest BCUT2D eigenvalue weighted by molar-refractivity contribution is 5.84. The molecule has 0 amide bonds. The summed E-state index contributed by atoms with van der Waals surface area (Å²) in [6, 6.07) is 15.5. The molecule has 1 nitrogen and oxygen atoms in total. The van der Waals surface area contributed by atoms with Crippen molar-refractivity contribution in [2.75, 3.05) is 6.54 Å². The zero-order valence-electron chi connectivity index (χ0n) is 10.3. The van der Waals surface area contributed by atoms with E-state index in [1.165, 1.54) is 22.3 Å². The van der Waals surface area contributed by atoms with E-state index in [9.17, 15) is 0 Å². The second kappa shape index (κ2) is 3.81. The molecule has 2 aromatic rings. The summed E-state index contributed by atoms with van der Waals surface area (Å²) in [6.45, 7) is 0.943. The van der Waals surface area contributed by atoms with Gasteiger partial charge in [0.15, 0.2) is 0 Å². The van der Waals surface area contributed by atoms with Gasteiger partial charge in [-0.05, 0) is 40.7 Å². The Morgan fingerprint density at radius 3 is 2.67 bits per heavy atom. The van der Waals surface area contributed by atoms with Crippen LogP contribution in [-0.2, 0) is 12.8 Å². The fraction of sp³-hybridized carbons (Fsp3) is 0.235. The molecule has 1 atom stereocenters. The van der Waals surface area contributed by atoms with Crippen molar-refractivity contribution in [2.24, 2.45) is 4.99 Å². The molecule has 1 aliphatic carbocycles. The molecule has 2 aliphatic rings. The summed E-state index contributed by atoms with van der Waals surface area (Å²) in [6.07, 6.45) is 4.26. The fourth-order valence-electron chi connectivity index (χ4n) is 3.33. The summed E-state index contributed by atoms with van der Waals surface area (Å²) >= 11 is 0. The molecule has 4 rings (SSSR count). The molecule has 1 heterocycles. The smallest absolute Gasteiger partial charge is 0.0461 e. The van der Waals surface area contributed by atoms with Crippen LogP contribution in [0.2, 0.25) is 0 Å². The lowest BCUT2D eigenvalue weighted by molar-refractivity contribution is 0.689. The van der Waals surface area contributed by atoms with Crippen molar-refractivity contribution in [1.29, 1.82) is 0 Å². The molecule has 0 radical (unpaired) electrons. The van der Waals surface area contributed by atoms with Gasteiger partial charge in [0.25, 0.3) is 0 Å². The molecule has 0 saturated carbocycles. The van der Waals surface area contributed by atoms with Crippen molar-refractivity contribution in [3.63, 3.8) is 0 Å². The molecule has 0 bridgehead atoms. The molecule has 88 valence electrons. The summed E-state index contributed by atoms with van der Waals surface area (Å²) in [5.74, 6) is 0.574. The maximum atomic E-state index is 4.54. The van der Waals surface area contributed by atoms with E-state index >= 15 is 0 Å². The van der Waals surface area contributed by atoms with Crippen LogP contribution in [-0.4, -0.2) is 12.8 Å². The predicted molar refractivity (Wildman–Crippen MR) is 74.6 cm³/mol. The number of hydrogen-bond donors (Lipinski definition) is 0. The Morgan fingerprint density at radius 1 is 0.889 bits per heavy atom. The van der Waals surface area contributed by atoms with Crippen LogP contribution in [0.1, 0.15) is 33.7 Å². The highest BCUT2D eigenvalue weighted by atomic mass is 14.7. The number of benzene rings is 2. The van der Waals surface area contributed by atoms with E-state index in [0.29, 0.717) is 5.92 Å².